The standard InChI is InChI=1S/C65H114O6/c1-4-7-10-13-16-19-22-25-28-30-32-34-37-40-43-46-49-52-55-58-64(67)70-61-62(60-69-63(66)57-54-51-48-45-42-39-36-27-24-21-18-15-12-9-6-3)71-65(68)59-56-53-50-47-44-41-38-35-33-31-29-26-23-20-17-14-11-8-5-2/h16-21,25-29,36,62H,4-15,22-24,30-35,37-61H2,1-3H3/b19-16-,20-17-,21-18-,28-25-,29-26-,36-27-. The SMILES string of the molecule is CCCCC/C=C\C/C=C\CCCCCCCCCCCC(=O)OCC(COC(=O)CCCCCCC/C=C\C/C=C\CCCCC)OC(=O)CCCCCCCCCCC/C=C\C/C=C\CCCCC. The van der Waals surface area contributed by atoms with Gasteiger partial charge in [0.15, 0.2) is 6.10 Å². The number of rotatable bonds is 55. The molecule has 0 aliphatic carbocycles. The first-order valence-electron chi connectivity index (χ1n) is 30.4. The zero-order valence-corrected chi connectivity index (χ0v) is 47.0. The van der Waals surface area contributed by atoms with Gasteiger partial charge in [-0.2, -0.15) is 0 Å². The Kier molecular flexibility index (Phi) is 56.8. The number of esters is 3. The molecule has 0 N–H and O–H groups in total. The molecule has 0 aromatic rings. The third kappa shape index (κ3) is 57.6. The normalized spacial score (nSPS) is 12.5. The quantitative estimate of drug-likeness (QED) is 0.0261. The number of allylic oxidation sites excluding steroid dienone is 12. The fourth-order valence-corrected chi connectivity index (χ4v) is 8.53. The molecule has 6 nitrogen and oxygen atoms in total. The second kappa shape index (κ2) is 59.4. The van der Waals surface area contributed by atoms with Crippen molar-refractivity contribution in [3.05, 3.63) is 72.9 Å². The molecule has 410 valence electrons. The van der Waals surface area contributed by atoms with Gasteiger partial charge in [0.2, 0.25) is 0 Å². The summed E-state index contributed by atoms with van der Waals surface area (Å²) in [4.78, 5) is 38.3. The van der Waals surface area contributed by atoms with Crippen molar-refractivity contribution in [3.63, 3.8) is 0 Å². The van der Waals surface area contributed by atoms with Crippen LogP contribution in [0.25, 0.3) is 0 Å². The van der Waals surface area contributed by atoms with E-state index in [2.05, 4.69) is 93.7 Å². The van der Waals surface area contributed by atoms with Crippen LogP contribution in [0.3, 0.4) is 0 Å². The Morgan fingerprint density at radius 3 is 0.775 bits per heavy atom. The molecule has 0 aromatic heterocycles. The Balaban J connectivity index is 4.39. The molecule has 0 fully saturated rings. The van der Waals surface area contributed by atoms with Gasteiger partial charge >= 0.3 is 17.9 Å². The summed E-state index contributed by atoms with van der Waals surface area (Å²) in [5, 5.41) is 0. The second-order valence-corrected chi connectivity index (χ2v) is 20.2. The molecule has 71 heavy (non-hydrogen) atoms. The van der Waals surface area contributed by atoms with Gasteiger partial charge in [0, 0.05) is 19.3 Å². The molecule has 0 spiro atoms. The summed E-state index contributed by atoms with van der Waals surface area (Å²) >= 11 is 0. The van der Waals surface area contributed by atoms with Crippen LogP contribution in [0.15, 0.2) is 72.9 Å². The highest BCUT2D eigenvalue weighted by Crippen LogP contribution is 2.16. The monoisotopic (exact) mass is 991 g/mol. The lowest BCUT2D eigenvalue weighted by atomic mass is 10.1. The summed E-state index contributed by atoms with van der Waals surface area (Å²) in [5.41, 5.74) is 0. The fourth-order valence-electron chi connectivity index (χ4n) is 8.53. The Bertz CT molecular complexity index is 1320. The van der Waals surface area contributed by atoms with Crippen LogP contribution in [-0.4, -0.2) is 37.2 Å². The van der Waals surface area contributed by atoms with E-state index < -0.39 is 6.10 Å². The molecule has 0 amide bonds. The van der Waals surface area contributed by atoms with Crippen LogP contribution in [0.1, 0.15) is 303 Å². The topological polar surface area (TPSA) is 78.9 Å². The van der Waals surface area contributed by atoms with Gasteiger partial charge in [-0.3, -0.25) is 14.4 Å². The lowest BCUT2D eigenvalue weighted by Crippen LogP contribution is -2.30. The predicted octanol–water partition coefficient (Wildman–Crippen LogP) is 20.5. The summed E-state index contributed by atoms with van der Waals surface area (Å²) in [6, 6.07) is 0. The number of carbonyl (C=O) groups is 3. The molecule has 0 rings (SSSR count). The first-order valence-corrected chi connectivity index (χ1v) is 30.4. The van der Waals surface area contributed by atoms with E-state index in [1.54, 1.807) is 0 Å². The predicted molar refractivity (Wildman–Crippen MR) is 307 cm³/mol. The average molecular weight is 992 g/mol. The molecule has 6 heteroatoms. The molecular weight excluding hydrogens is 877 g/mol. The highest BCUT2D eigenvalue weighted by molar-refractivity contribution is 5.71. The van der Waals surface area contributed by atoms with E-state index >= 15 is 0 Å². The maximum Gasteiger partial charge on any atom is 0.306 e. The van der Waals surface area contributed by atoms with Gasteiger partial charge in [-0.05, 0) is 116 Å². The third-order valence-electron chi connectivity index (χ3n) is 13.2. The number of hydrogen-bond donors (Lipinski definition) is 0. The van der Waals surface area contributed by atoms with Gasteiger partial charge in [0.1, 0.15) is 13.2 Å². The summed E-state index contributed by atoms with van der Waals surface area (Å²) in [6.07, 6.45) is 76.0. The zero-order valence-electron chi connectivity index (χ0n) is 47.0. The Labute approximate surface area is 440 Å². The highest BCUT2D eigenvalue weighted by atomic mass is 16.6. The fraction of sp³-hybridized carbons (Fsp3) is 0.769. The Morgan fingerprint density at radius 2 is 0.507 bits per heavy atom. The van der Waals surface area contributed by atoms with Crippen molar-refractivity contribution in [2.75, 3.05) is 13.2 Å². The van der Waals surface area contributed by atoms with E-state index in [1.165, 1.54) is 173 Å². The molecule has 0 aliphatic rings. The Morgan fingerprint density at radius 1 is 0.282 bits per heavy atom. The van der Waals surface area contributed by atoms with Crippen LogP contribution >= 0.6 is 0 Å². The van der Waals surface area contributed by atoms with Gasteiger partial charge in [-0.25, -0.2) is 0 Å². The van der Waals surface area contributed by atoms with Gasteiger partial charge in [-0.15, -0.1) is 0 Å². The minimum Gasteiger partial charge on any atom is -0.462 e. The third-order valence-corrected chi connectivity index (χ3v) is 13.2. The molecule has 0 saturated heterocycles. The van der Waals surface area contributed by atoms with Crippen LogP contribution in [0.5, 0.6) is 0 Å². The maximum absolute atomic E-state index is 12.9. The van der Waals surface area contributed by atoms with E-state index in [4.69, 9.17) is 14.2 Å². The summed E-state index contributed by atoms with van der Waals surface area (Å²) in [6.45, 7) is 6.57. The van der Waals surface area contributed by atoms with Gasteiger partial charge < -0.3 is 14.2 Å². The van der Waals surface area contributed by atoms with E-state index in [0.717, 1.165) is 89.9 Å². The lowest BCUT2D eigenvalue weighted by Gasteiger charge is -2.18. The van der Waals surface area contributed by atoms with Crippen LogP contribution in [0.4, 0.5) is 0 Å². The lowest BCUT2D eigenvalue weighted by molar-refractivity contribution is -0.167. The van der Waals surface area contributed by atoms with Crippen molar-refractivity contribution < 1.29 is 28.6 Å². The van der Waals surface area contributed by atoms with Crippen molar-refractivity contribution in [3.8, 4) is 0 Å². The minimum absolute atomic E-state index is 0.0830. The smallest absolute Gasteiger partial charge is 0.306 e. The van der Waals surface area contributed by atoms with Crippen molar-refractivity contribution >= 4 is 17.9 Å². The van der Waals surface area contributed by atoms with Crippen LogP contribution in [0, 0.1) is 0 Å². The molecule has 0 aromatic carbocycles. The van der Waals surface area contributed by atoms with Crippen LogP contribution in [-0.2, 0) is 28.6 Å². The number of hydrogen-bond acceptors (Lipinski definition) is 6. The molecule has 1 unspecified atom stereocenters. The molecule has 0 saturated carbocycles. The van der Waals surface area contributed by atoms with Crippen molar-refractivity contribution in [2.24, 2.45) is 0 Å². The van der Waals surface area contributed by atoms with Crippen molar-refractivity contribution in [2.45, 2.75) is 309 Å². The second-order valence-electron chi connectivity index (χ2n) is 20.2. The number of ether oxygens (including phenoxy) is 3. The first kappa shape index (κ1) is 67.8. The van der Waals surface area contributed by atoms with E-state index in [-0.39, 0.29) is 31.1 Å². The summed E-state index contributed by atoms with van der Waals surface area (Å²) in [5.74, 6) is -0.894. The highest BCUT2D eigenvalue weighted by Gasteiger charge is 2.19. The van der Waals surface area contributed by atoms with E-state index in [9.17, 15) is 14.4 Å². The van der Waals surface area contributed by atoms with E-state index in [0.29, 0.717) is 19.3 Å². The molecule has 0 bridgehead atoms. The van der Waals surface area contributed by atoms with Crippen LogP contribution in [0.2, 0.25) is 0 Å². The van der Waals surface area contributed by atoms with E-state index in [1.807, 2.05) is 0 Å². The van der Waals surface area contributed by atoms with Crippen molar-refractivity contribution in [1.29, 1.82) is 0 Å². The van der Waals surface area contributed by atoms with Gasteiger partial charge in [0.05, 0.1) is 0 Å². The largest absolute Gasteiger partial charge is 0.462 e. The number of carbonyl (C=O) groups excluding carboxylic acids is 3. The minimum atomic E-state index is -0.786. The number of unbranched alkanes of at least 4 members (excludes halogenated alkanes) is 32. The van der Waals surface area contributed by atoms with Crippen molar-refractivity contribution in [1.82, 2.24) is 0 Å². The molecule has 0 heterocycles. The molecule has 1 atom stereocenters. The first-order chi connectivity index (χ1) is 35.0. The summed E-state index contributed by atoms with van der Waals surface area (Å²) < 4.78 is 16.9. The van der Waals surface area contributed by atoms with Gasteiger partial charge in [0.25, 0.3) is 0 Å². The Hall–Kier alpha value is -3.15. The van der Waals surface area contributed by atoms with Crippen LogP contribution < -0.4 is 0 Å². The zero-order chi connectivity index (χ0) is 51.4. The summed E-state index contributed by atoms with van der Waals surface area (Å²) in [7, 11) is 0. The average Bonchev–Trinajstić information content (AvgIpc) is 3.37. The van der Waals surface area contributed by atoms with Gasteiger partial charge in [-0.1, -0.05) is 241 Å². The maximum atomic E-state index is 12.9. The molecule has 0 radical (unpaired) electrons. The molecule has 0 aliphatic heterocycles. The molecular formula is C65H114O6.